The van der Waals surface area contributed by atoms with Crippen molar-refractivity contribution in [3.05, 3.63) is 79.1 Å². The van der Waals surface area contributed by atoms with E-state index in [0.29, 0.717) is 11.4 Å². The average Bonchev–Trinajstić information content (AvgIpc) is 2.64. The molecule has 1 amide bonds. The molecule has 132 valence electrons. The highest BCUT2D eigenvalue weighted by molar-refractivity contribution is 5.91. The number of para-hydroxylation sites is 3. The Balaban J connectivity index is 1.67. The van der Waals surface area contributed by atoms with Gasteiger partial charge in [-0.1, -0.05) is 30.3 Å². The van der Waals surface area contributed by atoms with Crippen LogP contribution in [-0.2, 0) is 11.3 Å². The molecule has 0 bridgehead atoms. The zero-order valence-electron chi connectivity index (χ0n) is 14.9. The van der Waals surface area contributed by atoms with Gasteiger partial charge >= 0.3 is 0 Å². The summed E-state index contributed by atoms with van der Waals surface area (Å²) in [5.41, 5.74) is 1.73. The van der Waals surface area contributed by atoms with Crippen molar-refractivity contribution in [3.8, 4) is 11.5 Å². The highest BCUT2D eigenvalue weighted by Crippen LogP contribution is 2.28. The van der Waals surface area contributed by atoms with Gasteiger partial charge in [-0.05, 0) is 24.3 Å². The third-order valence-corrected chi connectivity index (χ3v) is 3.85. The van der Waals surface area contributed by atoms with Gasteiger partial charge in [-0.25, -0.2) is 0 Å². The van der Waals surface area contributed by atoms with E-state index in [-0.39, 0.29) is 12.5 Å². The normalized spacial score (nSPS) is 10.2. The van der Waals surface area contributed by atoms with Crippen LogP contribution in [-0.4, -0.2) is 20.0 Å². The second-order valence-electron chi connectivity index (χ2n) is 6.08. The maximum absolute atomic E-state index is 12.4. The van der Waals surface area contributed by atoms with E-state index in [1.807, 2.05) is 103 Å². The first-order valence-corrected chi connectivity index (χ1v) is 8.40. The number of amides is 1. The maximum atomic E-state index is 12.4. The molecule has 0 unspecified atom stereocenters. The van der Waals surface area contributed by atoms with Crippen molar-refractivity contribution in [1.82, 2.24) is 0 Å². The van der Waals surface area contributed by atoms with Crippen molar-refractivity contribution in [1.29, 1.82) is 0 Å². The number of pyridine rings is 1. The SMILES string of the molecule is CN(C)c1cc[n+](CC(=O)Nc2ccccc2Oc2ccccc2)cc1. The molecule has 0 aliphatic carbocycles. The first-order chi connectivity index (χ1) is 12.6. The minimum Gasteiger partial charge on any atom is -0.455 e. The second kappa shape index (κ2) is 8.16. The lowest BCUT2D eigenvalue weighted by atomic mass is 10.2. The molecule has 0 aliphatic rings. The second-order valence-corrected chi connectivity index (χ2v) is 6.08. The van der Waals surface area contributed by atoms with Crippen molar-refractivity contribution >= 4 is 17.3 Å². The summed E-state index contributed by atoms with van der Waals surface area (Å²) in [6.45, 7) is 0.230. The molecular formula is C21H22N3O2+. The van der Waals surface area contributed by atoms with Crippen LogP contribution in [0.25, 0.3) is 0 Å². The number of carbonyl (C=O) groups excluding carboxylic acids is 1. The zero-order valence-corrected chi connectivity index (χ0v) is 14.9. The van der Waals surface area contributed by atoms with E-state index in [4.69, 9.17) is 4.74 Å². The van der Waals surface area contributed by atoms with Gasteiger partial charge in [-0.15, -0.1) is 0 Å². The Morgan fingerprint density at radius 3 is 2.31 bits per heavy atom. The number of hydrogen-bond donors (Lipinski definition) is 1. The molecule has 3 rings (SSSR count). The van der Waals surface area contributed by atoms with Crippen LogP contribution >= 0.6 is 0 Å². The summed E-state index contributed by atoms with van der Waals surface area (Å²) in [6.07, 6.45) is 3.78. The Morgan fingerprint density at radius 2 is 1.62 bits per heavy atom. The van der Waals surface area contributed by atoms with E-state index in [0.717, 1.165) is 11.4 Å². The molecule has 5 heteroatoms. The maximum Gasteiger partial charge on any atom is 0.290 e. The fraction of sp³-hybridized carbons (Fsp3) is 0.143. The van der Waals surface area contributed by atoms with E-state index in [1.165, 1.54) is 0 Å². The number of hydrogen-bond acceptors (Lipinski definition) is 3. The monoisotopic (exact) mass is 348 g/mol. The van der Waals surface area contributed by atoms with Gasteiger partial charge in [0.15, 0.2) is 18.1 Å². The molecule has 0 atom stereocenters. The number of nitrogens with zero attached hydrogens (tertiary/aromatic N) is 2. The number of nitrogens with one attached hydrogen (secondary N) is 1. The number of anilines is 2. The van der Waals surface area contributed by atoms with Gasteiger partial charge in [0, 0.05) is 31.9 Å². The standard InChI is InChI=1S/C21H21N3O2/c1-23(2)17-12-14-24(15-13-17)16-21(25)22-19-10-6-7-11-20(19)26-18-8-4-3-5-9-18/h3-15H,16H2,1-2H3/p+1. The Bertz CT molecular complexity index is 862. The molecular weight excluding hydrogens is 326 g/mol. The highest BCUT2D eigenvalue weighted by atomic mass is 16.5. The molecule has 0 radical (unpaired) electrons. The van der Waals surface area contributed by atoms with E-state index in [9.17, 15) is 4.79 Å². The molecule has 0 aliphatic heterocycles. The van der Waals surface area contributed by atoms with Crippen molar-refractivity contribution in [3.63, 3.8) is 0 Å². The smallest absolute Gasteiger partial charge is 0.290 e. The zero-order chi connectivity index (χ0) is 18.4. The van der Waals surface area contributed by atoms with Crippen molar-refractivity contribution < 1.29 is 14.1 Å². The van der Waals surface area contributed by atoms with Gasteiger partial charge < -0.3 is 15.0 Å². The summed E-state index contributed by atoms with van der Waals surface area (Å²) in [7, 11) is 3.96. The van der Waals surface area contributed by atoms with Gasteiger partial charge in [0.1, 0.15) is 5.75 Å². The van der Waals surface area contributed by atoms with E-state index < -0.39 is 0 Å². The van der Waals surface area contributed by atoms with Crippen molar-refractivity contribution in [2.24, 2.45) is 0 Å². The molecule has 0 fully saturated rings. The predicted molar refractivity (Wildman–Crippen MR) is 103 cm³/mol. The van der Waals surface area contributed by atoms with Crippen molar-refractivity contribution in [2.45, 2.75) is 6.54 Å². The lowest BCUT2D eigenvalue weighted by Gasteiger charge is -2.12. The molecule has 1 heterocycles. The average molecular weight is 348 g/mol. The minimum atomic E-state index is -0.114. The first-order valence-electron chi connectivity index (χ1n) is 8.40. The molecule has 0 saturated heterocycles. The summed E-state index contributed by atoms with van der Waals surface area (Å²) in [6, 6.07) is 20.8. The quantitative estimate of drug-likeness (QED) is 0.694. The summed E-state index contributed by atoms with van der Waals surface area (Å²) in [4.78, 5) is 14.4. The predicted octanol–water partition coefficient (Wildman–Crippen LogP) is 3.47. The molecule has 0 spiro atoms. The van der Waals surface area contributed by atoms with Crippen LogP contribution in [0, 0.1) is 0 Å². The molecule has 1 N–H and O–H groups in total. The molecule has 1 aromatic heterocycles. The molecule has 3 aromatic rings. The van der Waals surface area contributed by atoms with Crippen LogP contribution in [0.15, 0.2) is 79.1 Å². The summed E-state index contributed by atoms with van der Waals surface area (Å²) in [5.74, 6) is 1.22. The van der Waals surface area contributed by atoms with Crippen molar-refractivity contribution in [2.75, 3.05) is 24.3 Å². The minimum absolute atomic E-state index is 0.114. The van der Waals surface area contributed by atoms with Gasteiger partial charge in [0.2, 0.25) is 6.54 Å². The molecule has 2 aromatic carbocycles. The summed E-state index contributed by atoms with van der Waals surface area (Å²) < 4.78 is 7.71. The van der Waals surface area contributed by atoms with E-state index >= 15 is 0 Å². The number of carbonyl (C=O) groups is 1. The van der Waals surface area contributed by atoms with E-state index in [2.05, 4.69) is 5.32 Å². The molecule has 5 nitrogen and oxygen atoms in total. The molecule has 26 heavy (non-hydrogen) atoms. The van der Waals surface area contributed by atoms with Gasteiger partial charge in [-0.2, -0.15) is 4.57 Å². The van der Waals surface area contributed by atoms with Crippen LogP contribution in [0.1, 0.15) is 0 Å². The van der Waals surface area contributed by atoms with Crippen LogP contribution in [0.2, 0.25) is 0 Å². The fourth-order valence-electron chi connectivity index (χ4n) is 2.48. The number of ether oxygens (including phenoxy) is 1. The highest BCUT2D eigenvalue weighted by Gasteiger charge is 2.13. The molecule has 0 saturated carbocycles. The van der Waals surface area contributed by atoms with Gasteiger partial charge in [-0.3, -0.25) is 4.79 Å². The topological polar surface area (TPSA) is 45.5 Å². The fourth-order valence-corrected chi connectivity index (χ4v) is 2.48. The van der Waals surface area contributed by atoms with Gasteiger partial charge in [0.25, 0.3) is 5.91 Å². The Labute approximate surface area is 153 Å². The summed E-state index contributed by atoms with van der Waals surface area (Å²) >= 11 is 0. The number of aromatic nitrogens is 1. The Morgan fingerprint density at radius 1 is 0.962 bits per heavy atom. The van der Waals surface area contributed by atoms with E-state index in [1.54, 1.807) is 0 Å². The number of benzene rings is 2. The lowest BCUT2D eigenvalue weighted by molar-refractivity contribution is -0.684. The first kappa shape index (κ1) is 17.5. The lowest BCUT2D eigenvalue weighted by Crippen LogP contribution is -2.39. The van der Waals surface area contributed by atoms with Gasteiger partial charge in [0.05, 0.1) is 5.69 Å². The van der Waals surface area contributed by atoms with Crippen LogP contribution in [0.4, 0.5) is 11.4 Å². The Hall–Kier alpha value is -3.34. The van der Waals surface area contributed by atoms with Crippen LogP contribution < -0.4 is 19.5 Å². The third kappa shape index (κ3) is 4.60. The Kier molecular flexibility index (Phi) is 5.49. The largest absolute Gasteiger partial charge is 0.455 e. The number of rotatable bonds is 6. The third-order valence-electron chi connectivity index (χ3n) is 3.85. The van der Waals surface area contributed by atoms with Crippen LogP contribution in [0.5, 0.6) is 11.5 Å². The summed E-state index contributed by atoms with van der Waals surface area (Å²) in [5, 5.41) is 2.92. The van der Waals surface area contributed by atoms with Crippen LogP contribution in [0.3, 0.4) is 0 Å².